The Hall–Kier alpha value is -2.88. The van der Waals surface area contributed by atoms with Gasteiger partial charge in [0.2, 0.25) is 0 Å². The minimum atomic E-state index is -1.15. The van der Waals surface area contributed by atoms with E-state index in [9.17, 15) is 24.0 Å². The molecule has 0 radical (unpaired) electrons. The van der Waals surface area contributed by atoms with Gasteiger partial charge < -0.3 is 10.1 Å². The predicted molar refractivity (Wildman–Crippen MR) is 118 cm³/mol. The first-order valence-electron chi connectivity index (χ1n) is 10.6. The molecule has 2 N–H and O–H groups in total. The van der Waals surface area contributed by atoms with Crippen molar-refractivity contribution in [1.29, 1.82) is 0 Å². The van der Waals surface area contributed by atoms with Crippen LogP contribution in [0.15, 0.2) is 24.3 Å². The van der Waals surface area contributed by atoms with Gasteiger partial charge in [-0.15, -0.1) is 0 Å². The molecule has 1 aromatic carbocycles. The quantitative estimate of drug-likeness (QED) is 0.449. The van der Waals surface area contributed by atoms with E-state index in [0.29, 0.717) is 5.75 Å². The molecule has 1 fully saturated rings. The molecule has 0 aromatic heterocycles. The van der Waals surface area contributed by atoms with Crippen LogP contribution in [0.1, 0.15) is 59.2 Å². The third-order valence-electron chi connectivity index (χ3n) is 5.54. The fourth-order valence-electron chi connectivity index (χ4n) is 3.94. The maximum atomic E-state index is 12.7. The van der Waals surface area contributed by atoms with Crippen LogP contribution in [0.5, 0.6) is 0 Å². The van der Waals surface area contributed by atoms with Gasteiger partial charge in [-0.2, -0.15) is 11.8 Å². The molecular formula is C22H27N3O6S. The topological polar surface area (TPSA) is 122 Å². The lowest BCUT2D eigenvalue weighted by atomic mass is 9.96. The molecule has 0 bridgehead atoms. The van der Waals surface area contributed by atoms with Crippen LogP contribution in [0.25, 0.3) is 0 Å². The molecule has 0 spiro atoms. The van der Waals surface area contributed by atoms with Crippen molar-refractivity contribution in [3.05, 3.63) is 35.4 Å². The Morgan fingerprint density at radius 1 is 1.09 bits per heavy atom. The summed E-state index contributed by atoms with van der Waals surface area (Å²) < 4.78 is 5.08. The lowest BCUT2D eigenvalue weighted by molar-refractivity contribution is -0.152. The Balaban J connectivity index is 1.57. The molecule has 1 aromatic rings. The molecule has 5 amide bonds. The number of hydrogen-bond acceptors (Lipinski definition) is 7. The van der Waals surface area contributed by atoms with E-state index in [-0.39, 0.29) is 23.6 Å². The van der Waals surface area contributed by atoms with Crippen LogP contribution in [0.3, 0.4) is 0 Å². The summed E-state index contributed by atoms with van der Waals surface area (Å²) in [7, 11) is 0. The van der Waals surface area contributed by atoms with Crippen molar-refractivity contribution in [2.24, 2.45) is 0 Å². The van der Waals surface area contributed by atoms with Crippen LogP contribution in [-0.4, -0.2) is 65.3 Å². The van der Waals surface area contributed by atoms with Crippen LogP contribution in [-0.2, 0) is 14.3 Å². The van der Waals surface area contributed by atoms with Crippen molar-refractivity contribution in [2.75, 3.05) is 18.6 Å². The van der Waals surface area contributed by atoms with Crippen LogP contribution in [0.4, 0.5) is 4.79 Å². The molecule has 1 saturated carbocycles. The fourth-order valence-corrected chi connectivity index (χ4v) is 4.40. The summed E-state index contributed by atoms with van der Waals surface area (Å²) in [6.07, 6.45) is 6.97. The van der Waals surface area contributed by atoms with Crippen molar-refractivity contribution in [2.45, 2.75) is 50.6 Å². The van der Waals surface area contributed by atoms with E-state index in [0.717, 1.165) is 37.0 Å². The van der Waals surface area contributed by atoms with E-state index in [2.05, 4.69) is 10.6 Å². The summed E-state index contributed by atoms with van der Waals surface area (Å²) in [6, 6.07) is 4.60. The zero-order valence-corrected chi connectivity index (χ0v) is 18.7. The number of hydrogen-bond donors (Lipinski definition) is 2. The van der Waals surface area contributed by atoms with Gasteiger partial charge in [-0.05, 0) is 43.4 Å². The Labute approximate surface area is 190 Å². The summed E-state index contributed by atoms with van der Waals surface area (Å²) in [5, 5.41) is 4.89. The molecule has 32 heavy (non-hydrogen) atoms. The van der Waals surface area contributed by atoms with Crippen molar-refractivity contribution in [3.63, 3.8) is 0 Å². The maximum absolute atomic E-state index is 12.7. The molecule has 1 aliphatic carbocycles. The molecule has 10 heteroatoms. The van der Waals surface area contributed by atoms with Crippen molar-refractivity contribution >= 4 is 41.5 Å². The molecule has 3 rings (SSSR count). The van der Waals surface area contributed by atoms with Crippen LogP contribution >= 0.6 is 11.8 Å². The second-order valence-electron chi connectivity index (χ2n) is 7.79. The van der Waals surface area contributed by atoms with Gasteiger partial charge in [0.1, 0.15) is 6.04 Å². The number of nitrogens with zero attached hydrogens (tertiary/aromatic N) is 1. The second kappa shape index (κ2) is 11.1. The first-order chi connectivity index (χ1) is 15.4. The molecule has 172 valence electrons. The Kier molecular flexibility index (Phi) is 8.26. The normalized spacial score (nSPS) is 17.0. The van der Waals surface area contributed by atoms with Crippen LogP contribution in [0.2, 0.25) is 0 Å². The van der Waals surface area contributed by atoms with E-state index in [1.54, 1.807) is 12.1 Å². The number of esters is 1. The summed E-state index contributed by atoms with van der Waals surface area (Å²) in [4.78, 5) is 63.2. The summed E-state index contributed by atoms with van der Waals surface area (Å²) >= 11 is 1.45. The highest BCUT2D eigenvalue weighted by atomic mass is 32.2. The average Bonchev–Trinajstić information content (AvgIpc) is 3.04. The molecule has 1 atom stereocenters. The van der Waals surface area contributed by atoms with Gasteiger partial charge in [0, 0.05) is 6.04 Å². The van der Waals surface area contributed by atoms with E-state index in [1.807, 2.05) is 6.26 Å². The number of imide groups is 2. The zero-order chi connectivity index (χ0) is 23.1. The predicted octanol–water partition coefficient (Wildman–Crippen LogP) is 2.11. The van der Waals surface area contributed by atoms with Gasteiger partial charge in [-0.1, -0.05) is 31.4 Å². The lowest BCUT2D eigenvalue weighted by Gasteiger charge is -2.24. The molecule has 2 aliphatic rings. The van der Waals surface area contributed by atoms with Gasteiger partial charge in [0.05, 0.1) is 11.1 Å². The first-order valence-corrected chi connectivity index (χ1v) is 12.0. The molecule has 0 saturated heterocycles. The lowest BCUT2D eigenvalue weighted by Crippen LogP contribution is -2.48. The number of carbonyl (C=O) groups excluding carboxylic acids is 5. The highest BCUT2D eigenvalue weighted by molar-refractivity contribution is 7.98. The smallest absolute Gasteiger partial charge is 0.329 e. The maximum Gasteiger partial charge on any atom is 0.329 e. The van der Waals surface area contributed by atoms with E-state index >= 15 is 0 Å². The number of benzene rings is 1. The number of fused-ring (bicyclic) bond motifs is 1. The van der Waals surface area contributed by atoms with Gasteiger partial charge in [0.25, 0.3) is 17.7 Å². The number of carbonyl (C=O) groups is 5. The van der Waals surface area contributed by atoms with Crippen LogP contribution in [0, 0.1) is 0 Å². The standard InChI is InChI=1S/C22H27N3O6S/c1-32-12-11-17(25-19(27)15-9-5-6-10-16(15)20(25)28)21(29)31-13-18(26)24-22(30)23-14-7-3-2-4-8-14/h5-6,9-10,14,17H,2-4,7-8,11-13H2,1H3,(H2,23,24,26,30)/t17-/m1/s1. The van der Waals surface area contributed by atoms with Gasteiger partial charge >= 0.3 is 12.0 Å². The Bertz CT molecular complexity index is 864. The monoisotopic (exact) mass is 461 g/mol. The number of thioether (sulfide) groups is 1. The van der Waals surface area contributed by atoms with Crippen LogP contribution < -0.4 is 10.6 Å². The van der Waals surface area contributed by atoms with Crippen molar-refractivity contribution < 1.29 is 28.7 Å². The van der Waals surface area contributed by atoms with Gasteiger partial charge in [0.15, 0.2) is 6.61 Å². The minimum absolute atomic E-state index is 0.0313. The average molecular weight is 462 g/mol. The second-order valence-corrected chi connectivity index (χ2v) is 8.77. The largest absolute Gasteiger partial charge is 0.454 e. The summed E-state index contributed by atoms with van der Waals surface area (Å²) in [6.45, 7) is -0.685. The highest BCUT2D eigenvalue weighted by Crippen LogP contribution is 2.26. The van der Waals surface area contributed by atoms with E-state index < -0.39 is 42.4 Å². The highest BCUT2D eigenvalue weighted by Gasteiger charge is 2.43. The molecule has 0 unspecified atom stereocenters. The minimum Gasteiger partial charge on any atom is -0.454 e. The Morgan fingerprint density at radius 3 is 2.31 bits per heavy atom. The molecule has 9 nitrogen and oxygen atoms in total. The third kappa shape index (κ3) is 5.67. The zero-order valence-electron chi connectivity index (χ0n) is 17.9. The Morgan fingerprint density at radius 2 is 1.72 bits per heavy atom. The van der Waals surface area contributed by atoms with Gasteiger partial charge in [-0.25, -0.2) is 9.59 Å². The SMILES string of the molecule is CSCC[C@H](C(=O)OCC(=O)NC(=O)NC1CCCCC1)N1C(=O)c2ccccc2C1=O. The van der Waals surface area contributed by atoms with Crippen molar-refractivity contribution in [3.8, 4) is 0 Å². The number of amides is 5. The molecule has 1 aliphatic heterocycles. The summed E-state index contributed by atoms with van der Waals surface area (Å²) in [5.41, 5.74) is 0.466. The van der Waals surface area contributed by atoms with Crippen molar-refractivity contribution in [1.82, 2.24) is 15.5 Å². The number of urea groups is 1. The van der Waals surface area contributed by atoms with E-state index in [1.165, 1.54) is 23.9 Å². The third-order valence-corrected chi connectivity index (χ3v) is 6.19. The molecular weight excluding hydrogens is 434 g/mol. The molecule has 1 heterocycles. The number of nitrogens with one attached hydrogen (secondary N) is 2. The fraction of sp³-hybridized carbons (Fsp3) is 0.500. The number of ether oxygens (including phenoxy) is 1. The number of rotatable bonds is 8. The summed E-state index contributed by atoms with van der Waals surface area (Å²) in [5.74, 6) is -2.27. The first kappa shape index (κ1) is 23.8. The van der Waals surface area contributed by atoms with Gasteiger partial charge in [-0.3, -0.25) is 24.6 Å². The van der Waals surface area contributed by atoms with E-state index in [4.69, 9.17) is 4.74 Å².